The Morgan fingerprint density at radius 2 is 1.78 bits per heavy atom. The van der Waals surface area contributed by atoms with Crippen molar-refractivity contribution in [2.24, 2.45) is 5.92 Å². The smallest absolute Gasteiger partial charge is 0.103 e. The Morgan fingerprint density at radius 1 is 1.33 bits per heavy atom. The molecule has 9 heavy (non-hydrogen) atoms. The third kappa shape index (κ3) is 4.19. The summed E-state index contributed by atoms with van der Waals surface area (Å²) in [5.74, 6) is 0.0648. The van der Waals surface area contributed by atoms with Crippen LogP contribution < -0.4 is 0 Å². The quantitative estimate of drug-likeness (QED) is 0.504. The van der Waals surface area contributed by atoms with Crippen LogP contribution in [-0.2, 0) is 0 Å². The average molecular weight is 130 g/mol. The number of halogens is 1. The largest absolute Gasteiger partial charge is 0.247 e. The highest BCUT2D eigenvalue weighted by molar-refractivity contribution is 4.97. The van der Waals surface area contributed by atoms with Gasteiger partial charge in [-0.05, 0) is 20.8 Å². The minimum Gasteiger partial charge on any atom is -0.247 e. The fraction of sp³-hybridized carbons (Fsp3) is 0.750. The van der Waals surface area contributed by atoms with Crippen molar-refractivity contribution in [1.29, 1.82) is 0 Å². The second kappa shape index (κ2) is 3.65. The van der Waals surface area contributed by atoms with Crippen molar-refractivity contribution in [3.8, 4) is 0 Å². The van der Waals surface area contributed by atoms with Gasteiger partial charge in [-0.3, -0.25) is 0 Å². The minimum absolute atomic E-state index is 0.0648. The van der Waals surface area contributed by atoms with Crippen LogP contribution in [-0.4, -0.2) is 6.17 Å². The van der Waals surface area contributed by atoms with E-state index < -0.39 is 6.17 Å². The normalized spacial score (nSPS) is 16.6. The zero-order valence-electron chi connectivity index (χ0n) is 6.61. The van der Waals surface area contributed by atoms with E-state index in [0.717, 1.165) is 0 Å². The monoisotopic (exact) mass is 130 g/mol. The van der Waals surface area contributed by atoms with Crippen LogP contribution in [0.2, 0.25) is 0 Å². The molecule has 54 valence electrons. The second-order valence-corrected chi connectivity index (χ2v) is 2.78. The molecular formula is C8H15F. The molecule has 0 bridgehead atoms. The fourth-order valence-electron chi connectivity index (χ4n) is 0.658. The first-order valence-electron chi connectivity index (χ1n) is 3.33. The molecule has 0 fully saturated rings. The summed E-state index contributed by atoms with van der Waals surface area (Å²) in [7, 11) is 0. The summed E-state index contributed by atoms with van der Waals surface area (Å²) in [6.07, 6.45) is 1.23. The summed E-state index contributed by atoms with van der Waals surface area (Å²) >= 11 is 0. The molecule has 2 atom stereocenters. The summed E-state index contributed by atoms with van der Waals surface area (Å²) in [6, 6.07) is 0. The number of alkyl halides is 1. The zero-order chi connectivity index (χ0) is 7.44. The molecule has 0 aromatic rings. The summed E-state index contributed by atoms with van der Waals surface area (Å²) in [5.41, 5.74) is 1.19. The van der Waals surface area contributed by atoms with E-state index >= 15 is 0 Å². The van der Waals surface area contributed by atoms with Gasteiger partial charge in [0, 0.05) is 5.92 Å². The Kier molecular flexibility index (Phi) is 3.52. The molecule has 2 unspecified atom stereocenters. The van der Waals surface area contributed by atoms with Gasteiger partial charge in [-0.15, -0.1) is 0 Å². The van der Waals surface area contributed by atoms with Gasteiger partial charge in [0.25, 0.3) is 0 Å². The van der Waals surface area contributed by atoms with Gasteiger partial charge in [-0.25, -0.2) is 4.39 Å². The van der Waals surface area contributed by atoms with Crippen LogP contribution in [0.15, 0.2) is 11.6 Å². The lowest BCUT2D eigenvalue weighted by Gasteiger charge is -2.06. The molecule has 0 spiro atoms. The number of rotatable bonds is 2. The van der Waals surface area contributed by atoms with Gasteiger partial charge in [-0.2, -0.15) is 0 Å². The third-order valence-corrected chi connectivity index (χ3v) is 1.32. The highest BCUT2D eigenvalue weighted by Crippen LogP contribution is 2.09. The van der Waals surface area contributed by atoms with Gasteiger partial charge in [0.1, 0.15) is 6.17 Å². The number of hydrogen-bond acceptors (Lipinski definition) is 0. The first-order chi connectivity index (χ1) is 4.04. The predicted molar refractivity (Wildman–Crippen MR) is 39.2 cm³/mol. The Labute approximate surface area is 56.8 Å². The molecule has 0 saturated heterocycles. The van der Waals surface area contributed by atoms with E-state index in [1.54, 1.807) is 6.92 Å². The van der Waals surface area contributed by atoms with Gasteiger partial charge >= 0.3 is 0 Å². The van der Waals surface area contributed by atoms with E-state index in [1.165, 1.54) is 5.57 Å². The van der Waals surface area contributed by atoms with Crippen molar-refractivity contribution < 1.29 is 4.39 Å². The van der Waals surface area contributed by atoms with Gasteiger partial charge in [0.05, 0.1) is 0 Å². The molecule has 0 aliphatic carbocycles. The van der Waals surface area contributed by atoms with Crippen molar-refractivity contribution in [1.82, 2.24) is 0 Å². The van der Waals surface area contributed by atoms with Crippen LogP contribution in [0.3, 0.4) is 0 Å². The molecule has 0 rings (SSSR count). The van der Waals surface area contributed by atoms with Crippen LogP contribution in [0.5, 0.6) is 0 Å². The maximum Gasteiger partial charge on any atom is 0.103 e. The van der Waals surface area contributed by atoms with E-state index in [4.69, 9.17) is 0 Å². The van der Waals surface area contributed by atoms with Crippen LogP contribution in [0.4, 0.5) is 4.39 Å². The Hall–Kier alpha value is -0.330. The van der Waals surface area contributed by atoms with E-state index in [9.17, 15) is 4.39 Å². The molecule has 1 heteroatoms. The Bertz CT molecular complexity index is 99.1. The van der Waals surface area contributed by atoms with Crippen molar-refractivity contribution >= 4 is 0 Å². The van der Waals surface area contributed by atoms with E-state index in [2.05, 4.69) is 0 Å². The van der Waals surface area contributed by atoms with Crippen LogP contribution in [0.25, 0.3) is 0 Å². The maximum absolute atomic E-state index is 12.4. The summed E-state index contributed by atoms with van der Waals surface area (Å²) in [6.45, 7) is 7.44. The SMILES string of the molecule is CC(C)=CC(C)C(C)F. The van der Waals surface area contributed by atoms with Gasteiger partial charge in [-0.1, -0.05) is 18.6 Å². The van der Waals surface area contributed by atoms with Crippen LogP contribution >= 0.6 is 0 Å². The van der Waals surface area contributed by atoms with E-state index in [-0.39, 0.29) is 5.92 Å². The first-order valence-corrected chi connectivity index (χ1v) is 3.33. The van der Waals surface area contributed by atoms with Crippen molar-refractivity contribution in [2.75, 3.05) is 0 Å². The highest BCUT2D eigenvalue weighted by atomic mass is 19.1. The van der Waals surface area contributed by atoms with Crippen LogP contribution in [0.1, 0.15) is 27.7 Å². The molecule has 0 saturated carbocycles. The third-order valence-electron chi connectivity index (χ3n) is 1.32. The summed E-state index contributed by atoms with van der Waals surface area (Å²) < 4.78 is 12.4. The van der Waals surface area contributed by atoms with Crippen molar-refractivity contribution in [3.63, 3.8) is 0 Å². The molecule has 0 heterocycles. The average Bonchev–Trinajstić information content (AvgIpc) is 1.63. The Morgan fingerprint density at radius 3 is 1.89 bits per heavy atom. The highest BCUT2D eigenvalue weighted by Gasteiger charge is 2.05. The van der Waals surface area contributed by atoms with Crippen molar-refractivity contribution in [3.05, 3.63) is 11.6 Å². The lowest BCUT2D eigenvalue weighted by molar-refractivity contribution is 0.300. The summed E-state index contributed by atoms with van der Waals surface area (Å²) in [5, 5.41) is 0. The zero-order valence-corrected chi connectivity index (χ0v) is 6.61. The van der Waals surface area contributed by atoms with Crippen molar-refractivity contribution in [2.45, 2.75) is 33.9 Å². The van der Waals surface area contributed by atoms with Gasteiger partial charge in [0.15, 0.2) is 0 Å². The lowest BCUT2D eigenvalue weighted by atomic mass is 10.1. The predicted octanol–water partition coefficient (Wildman–Crippen LogP) is 2.95. The fourth-order valence-corrected chi connectivity index (χ4v) is 0.658. The molecule has 0 aromatic carbocycles. The lowest BCUT2D eigenvalue weighted by Crippen LogP contribution is -2.04. The standard InChI is InChI=1S/C8H15F/c1-6(2)5-7(3)8(4)9/h5,7-8H,1-4H3. The maximum atomic E-state index is 12.4. The van der Waals surface area contributed by atoms with E-state index in [1.807, 2.05) is 26.8 Å². The topological polar surface area (TPSA) is 0 Å². The van der Waals surface area contributed by atoms with Gasteiger partial charge in [0.2, 0.25) is 0 Å². The molecule has 0 radical (unpaired) electrons. The minimum atomic E-state index is -0.722. The summed E-state index contributed by atoms with van der Waals surface area (Å²) in [4.78, 5) is 0. The van der Waals surface area contributed by atoms with Gasteiger partial charge < -0.3 is 0 Å². The second-order valence-electron chi connectivity index (χ2n) is 2.78. The molecule has 0 aliphatic heterocycles. The van der Waals surface area contributed by atoms with Crippen LogP contribution in [0, 0.1) is 5.92 Å². The molecule has 0 N–H and O–H groups in total. The molecule has 0 amide bonds. The molecule has 0 aromatic heterocycles. The van der Waals surface area contributed by atoms with E-state index in [0.29, 0.717) is 0 Å². The first kappa shape index (κ1) is 8.67. The Balaban J connectivity index is 3.76. The number of hydrogen-bond donors (Lipinski definition) is 0. The molecular weight excluding hydrogens is 115 g/mol. The molecule has 0 nitrogen and oxygen atoms in total. The number of allylic oxidation sites excluding steroid dienone is 2. The molecule has 0 aliphatic rings.